The second-order valence-electron chi connectivity index (χ2n) is 11.4. The number of ether oxygens (including phenoxy) is 6. The van der Waals surface area contributed by atoms with Gasteiger partial charge < -0.3 is 49.7 Å². The molecule has 276 valence electrons. The average molecular weight is 709 g/mol. The molecule has 1 aliphatic rings. The van der Waals surface area contributed by atoms with Crippen molar-refractivity contribution in [3.8, 4) is 0 Å². The first-order chi connectivity index (χ1) is 23.4. The van der Waals surface area contributed by atoms with E-state index in [1.165, 1.54) is 20.9 Å². The van der Waals surface area contributed by atoms with Crippen molar-refractivity contribution in [2.45, 2.75) is 96.8 Å². The Bertz CT molecular complexity index is 1410. The first-order valence-electron chi connectivity index (χ1n) is 15.5. The number of carbonyl (C=O) groups excluding carboxylic acids is 8. The smallest absolute Gasteiger partial charge is 0.303 e. The van der Waals surface area contributed by atoms with E-state index in [-0.39, 0.29) is 6.42 Å². The third-order valence-electron chi connectivity index (χ3n) is 7.22. The van der Waals surface area contributed by atoms with Crippen LogP contribution in [0.5, 0.6) is 0 Å². The van der Waals surface area contributed by atoms with Crippen LogP contribution in [0, 0.1) is 0 Å². The Hall–Kier alpha value is -5.10. The van der Waals surface area contributed by atoms with E-state index in [0.29, 0.717) is 5.56 Å². The third kappa shape index (κ3) is 12.7. The number of rotatable bonds is 16. The summed E-state index contributed by atoms with van der Waals surface area (Å²) in [6, 6.07) is 4.80. The second kappa shape index (κ2) is 19.2. The number of nitrogens with one attached hydrogen (secondary N) is 2. The first kappa shape index (κ1) is 41.1. The van der Waals surface area contributed by atoms with Crippen LogP contribution in [0.4, 0.5) is 0 Å². The van der Waals surface area contributed by atoms with E-state index in [1.54, 1.807) is 30.3 Å². The SMILES string of the molecule is CC(=O)N[C@@H](C)C(=O)N(C)[C@@H](CO[C@@H]1O[C@H](COC(C)=O)[C@H](OC(C)=O)[C@H](OC(C)=O)[C@H]1OC(C)=O)C(=O)N[C@@H](Cc1ccccc1)C(N)=O. The molecular weight excluding hydrogens is 664 g/mol. The molecule has 0 spiro atoms. The molecular formula is C32H44N4O14. The van der Waals surface area contributed by atoms with E-state index < -0.39 is 110 Å². The predicted molar refractivity (Wildman–Crippen MR) is 169 cm³/mol. The van der Waals surface area contributed by atoms with E-state index in [4.69, 9.17) is 34.2 Å². The van der Waals surface area contributed by atoms with Crippen molar-refractivity contribution in [2.75, 3.05) is 20.3 Å². The minimum absolute atomic E-state index is 0.00907. The molecule has 0 unspecified atom stereocenters. The first-order valence-corrected chi connectivity index (χ1v) is 15.5. The lowest BCUT2D eigenvalue weighted by Crippen LogP contribution is -2.64. The maximum atomic E-state index is 13.8. The zero-order valence-electron chi connectivity index (χ0n) is 28.9. The molecule has 1 fully saturated rings. The highest BCUT2D eigenvalue weighted by Crippen LogP contribution is 2.30. The topological polar surface area (TPSA) is 245 Å². The fourth-order valence-corrected chi connectivity index (χ4v) is 5.04. The number of esters is 4. The molecule has 0 saturated carbocycles. The summed E-state index contributed by atoms with van der Waals surface area (Å²) in [5, 5.41) is 4.96. The van der Waals surface area contributed by atoms with Crippen LogP contribution in [0.2, 0.25) is 0 Å². The number of hydrogen-bond acceptors (Lipinski definition) is 14. The van der Waals surface area contributed by atoms with Gasteiger partial charge in [0.15, 0.2) is 24.6 Å². The van der Waals surface area contributed by atoms with Gasteiger partial charge in [-0.1, -0.05) is 30.3 Å². The fourth-order valence-electron chi connectivity index (χ4n) is 5.04. The summed E-state index contributed by atoms with van der Waals surface area (Å²) in [4.78, 5) is 100. The maximum absolute atomic E-state index is 13.8. The van der Waals surface area contributed by atoms with E-state index in [9.17, 15) is 38.4 Å². The molecule has 18 nitrogen and oxygen atoms in total. The van der Waals surface area contributed by atoms with Gasteiger partial charge in [0.2, 0.25) is 23.6 Å². The second-order valence-corrected chi connectivity index (χ2v) is 11.4. The van der Waals surface area contributed by atoms with Gasteiger partial charge in [0.25, 0.3) is 0 Å². The number of hydrogen-bond donors (Lipinski definition) is 3. The predicted octanol–water partition coefficient (Wildman–Crippen LogP) is -1.35. The van der Waals surface area contributed by atoms with Gasteiger partial charge in [-0.05, 0) is 12.5 Å². The van der Waals surface area contributed by atoms with Crippen molar-refractivity contribution in [3.05, 3.63) is 35.9 Å². The lowest BCUT2D eigenvalue weighted by atomic mass is 9.98. The van der Waals surface area contributed by atoms with E-state index >= 15 is 0 Å². The Kier molecular flexibility index (Phi) is 15.8. The van der Waals surface area contributed by atoms with Crippen LogP contribution in [0.25, 0.3) is 0 Å². The van der Waals surface area contributed by atoms with Crippen LogP contribution in [-0.2, 0) is 73.2 Å². The van der Waals surface area contributed by atoms with Gasteiger partial charge in [-0.25, -0.2) is 0 Å². The monoisotopic (exact) mass is 708 g/mol. The fraction of sp³-hybridized carbons (Fsp3) is 0.562. The van der Waals surface area contributed by atoms with Crippen molar-refractivity contribution >= 4 is 47.5 Å². The zero-order valence-corrected chi connectivity index (χ0v) is 28.9. The van der Waals surface area contributed by atoms with Gasteiger partial charge in [-0.2, -0.15) is 0 Å². The number of benzene rings is 1. The van der Waals surface area contributed by atoms with Gasteiger partial charge in [0.05, 0.1) is 6.61 Å². The summed E-state index contributed by atoms with van der Waals surface area (Å²) in [5.74, 6) is -6.36. The van der Waals surface area contributed by atoms with Crippen LogP contribution in [-0.4, -0.2) is 121 Å². The Balaban J connectivity index is 2.52. The van der Waals surface area contributed by atoms with Gasteiger partial charge in [0.1, 0.15) is 30.8 Å². The normalized spacial score (nSPS) is 21.6. The third-order valence-corrected chi connectivity index (χ3v) is 7.22. The largest absolute Gasteiger partial charge is 0.463 e. The summed E-state index contributed by atoms with van der Waals surface area (Å²) in [6.07, 6.45) is -7.66. The minimum atomic E-state index is -1.68. The quantitative estimate of drug-likeness (QED) is 0.133. The Morgan fingerprint density at radius 3 is 1.90 bits per heavy atom. The number of nitrogens with two attached hydrogens (primary N) is 1. The number of amides is 4. The molecule has 18 heteroatoms. The standard InChI is InChI=1S/C32H44N4O14/c1-16(34-17(2)37)31(44)36(7)24(30(43)35-23(29(33)42)13-22-11-9-8-10-12-22)14-46-32-28(49-21(6)41)27(48-20(5)40)26(47-19(4)39)25(50-32)15-45-18(3)38/h8-12,16,23-28,32H,13-15H2,1-7H3,(H2,33,42)(H,34,37)(H,35,43)/t16-,23-,24-,25+,26-,27-,28+,32+/m0/s1. The zero-order chi connectivity index (χ0) is 37.7. The average Bonchev–Trinajstić information content (AvgIpc) is 3.01. The van der Waals surface area contributed by atoms with Crippen LogP contribution in [0.1, 0.15) is 47.1 Å². The highest BCUT2D eigenvalue weighted by molar-refractivity contribution is 5.93. The molecule has 1 heterocycles. The van der Waals surface area contributed by atoms with Crippen molar-refractivity contribution in [1.29, 1.82) is 0 Å². The van der Waals surface area contributed by atoms with Gasteiger partial charge >= 0.3 is 23.9 Å². The molecule has 0 aromatic heterocycles. The highest BCUT2D eigenvalue weighted by atomic mass is 16.7. The molecule has 1 aliphatic heterocycles. The van der Waals surface area contributed by atoms with Crippen LogP contribution in [0.15, 0.2) is 30.3 Å². The van der Waals surface area contributed by atoms with Crippen molar-refractivity contribution in [3.63, 3.8) is 0 Å². The molecule has 1 saturated heterocycles. The lowest BCUT2D eigenvalue weighted by molar-refractivity contribution is -0.309. The molecule has 0 bridgehead atoms. The molecule has 0 radical (unpaired) electrons. The Morgan fingerprint density at radius 2 is 1.38 bits per heavy atom. The maximum Gasteiger partial charge on any atom is 0.303 e. The summed E-state index contributed by atoms with van der Waals surface area (Å²) in [5.41, 5.74) is 6.27. The van der Waals surface area contributed by atoms with Crippen LogP contribution >= 0.6 is 0 Å². The van der Waals surface area contributed by atoms with Gasteiger partial charge in [-0.15, -0.1) is 0 Å². The van der Waals surface area contributed by atoms with Gasteiger partial charge in [-0.3, -0.25) is 38.4 Å². The van der Waals surface area contributed by atoms with Crippen molar-refractivity contribution in [2.24, 2.45) is 5.73 Å². The molecule has 1 aromatic carbocycles. The number of primary amides is 1. The molecule has 2 rings (SSSR count). The highest BCUT2D eigenvalue weighted by Gasteiger charge is 2.53. The molecule has 0 aliphatic carbocycles. The van der Waals surface area contributed by atoms with Crippen molar-refractivity contribution in [1.82, 2.24) is 15.5 Å². The summed E-state index contributed by atoms with van der Waals surface area (Å²) < 4.78 is 33.1. The molecule has 50 heavy (non-hydrogen) atoms. The number of nitrogens with zero attached hydrogens (tertiary/aromatic N) is 1. The number of carbonyl (C=O) groups is 8. The minimum Gasteiger partial charge on any atom is -0.463 e. The summed E-state index contributed by atoms with van der Waals surface area (Å²) in [6.45, 7) is 5.60. The van der Waals surface area contributed by atoms with E-state index in [2.05, 4.69) is 10.6 Å². The molecule has 4 N–H and O–H groups in total. The molecule has 8 atom stereocenters. The summed E-state index contributed by atoms with van der Waals surface area (Å²) >= 11 is 0. The van der Waals surface area contributed by atoms with E-state index in [1.807, 2.05) is 0 Å². The molecule has 4 amide bonds. The van der Waals surface area contributed by atoms with Crippen LogP contribution in [0.3, 0.4) is 0 Å². The number of likely N-dealkylation sites (N-methyl/N-ethyl adjacent to an activating group) is 1. The van der Waals surface area contributed by atoms with Crippen molar-refractivity contribution < 1.29 is 66.8 Å². The summed E-state index contributed by atoms with van der Waals surface area (Å²) in [7, 11) is 1.25. The van der Waals surface area contributed by atoms with Crippen LogP contribution < -0.4 is 16.4 Å². The molecule has 1 aromatic rings. The van der Waals surface area contributed by atoms with E-state index in [0.717, 1.165) is 32.6 Å². The Morgan fingerprint density at radius 1 is 0.820 bits per heavy atom. The van der Waals surface area contributed by atoms with Gasteiger partial charge in [0, 0.05) is 48.1 Å². The Labute approximate surface area is 288 Å². The lowest BCUT2D eigenvalue weighted by Gasteiger charge is -2.44.